The van der Waals surface area contributed by atoms with E-state index in [-0.39, 0.29) is 12.7 Å². The molecule has 0 aliphatic heterocycles. The van der Waals surface area contributed by atoms with E-state index in [0.717, 1.165) is 11.1 Å². The molecule has 0 saturated carbocycles. The van der Waals surface area contributed by atoms with Crippen LogP contribution in [0.3, 0.4) is 0 Å². The second kappa shape index (κ2) is 12.3. The number of hydrogen-bond acceptors (Lipinski definition) is 5. The second-order valence-electron chi connectivity index (χ2n) is 8.89. The molecule has 0 saturated heterocycles. The standard InChI is InChI=1S/C28H29N3O5/c1-28(2,3)36-27(33)31-18-21-7-15-25(16-8-21)35-19-34-24-13-5-20(6-14-24)17-30-26(32)22-9-11-23(29-4)12-10-22/h5-16H,17-19H2,1-3H3,(H,30,32)(H,31,33). The first-order chi connectivity index (χ1) is 17.2. The van der Waals surface area contributed by atoms with Crippen molar-refractivity contribution in [2.24, 2.45) is 0 Å². The molecule has 3 aromatic carbocycles. The lowest BCUT2D eigenvalue weighted by Gasteiger charge is -2.19. The number of hydrogen-bond donors (Lipinski definition) is 2. The second-order valence-corrected chi connectivity index (χ2v) is 8.89. The van der Waals surface area contributed by atoms with Crippen LogP contribution in [0.15, 0.2) is 72.8 Å². The Morgan fingerprint density at radius 3 is 1.75 bits per heavy atom. The third kappa shape index (κ3) is 8.69. The Bertz CT molecular complexity index is 1190. The van der Waals surface area contributed by atoms with E-state index in [1.165, 1.54) is 0 Å². The summed E-state index contributed by atoms with van der Waals surface area (Å²) in [6, 6.07) is 21.2. The Kier molecular flexibility index (Phi) is 8.89. The Balaban J connectivity index is 1.38. The quantitative estimate of drug-likeness (QED) is 0.303. The largest absolute Gasteiger partial charge is 0.458 e. The third-order valence-corrected chi connectivity index (χ3v) is 4.85. The van der Waals surface area contributed by atoms with Crippen molar-refractivity contribution in [1.82, 2.24) is 10.6 Å². The zero-order valence-electron chi connectivity index (χ0n) is 20.5. The van der Waals surface area contributed by atoms with Gasteiger partial charge in [-0.25, -0.2) is 9.64 Å². The summed E-state index contributed by atoms with van der Waals surface area (Å²) in [5, 5.41) is 5.57. The minimum atomic E-state index is -0.536. The molecule has 0 aliphatic rings. The number of carbonyl (C=O) groups excluding carboxylic acids is 2. The highest BCUT2D eigenvalue weighted by molar-refractivity contribution is 5.94. The SMILES string of the molecule is [C-]#[N+]c1ccc(C(=O)NCc2ccc(OCOc3ccc(CNC(=O)OC(C)(C)C)cc3)cc2)cc1. The van der Waals surface area contributed by atoms with Crippen molar-refractivity contribution in [2.75, 3.05) is 6.79 Å². The Hall–Kier alpha value is -4.51. The highest BCUT2D eigenvalue weighted by Crippen LogP contribution is 2.16. The molecule has 0 bridgehead atoms. The van der Waals surface area contributed by atoms with Gasteiger partial charge >= 0.3 is 6.09 Å². The molecule has 186 valence electrons. The lowest BCUT2D eigenvalue weighted by molar-refractivity contribution is 0.0523. The first-order valence-electron chi connectivity index (χ1n) is 11.4. The molecule has 0 heterocycles. The average molecular weight is 488 g/mol. The van der Waals surface area contributed by atoms with Crippen LogP contribution in [0.1, 0.15) is 42.3 Å². The molecular formula is C28H29N3O5. The first kappa shape index (κ1) is 26.1. The average Bonchev–Trinajstić information content (AvgIpc) is 2.86. The number of nitrogens with zero attached hydrogens (tertiary/aromatic N) is 1. The van der Waals surface area contributed by atoms with Crippen molar-refractivity contribution in [3.63, 3.8) is 0 Å². The molecule has 2 amide bonds. The summed E-state index contributed by atoms with van der Waals surface area (Å²) < 4.78 is 16.5. The van der Waals surface area contributed by atoms with Crippen LogP contribution in [0.2, 0.25) is 0 Å². The lowest BCUT2D eigenvalue weighted by Crippen LogP contribution is -2.32. The van der Waals surface area contributed by atoms with Crippen molar-refractivity contribution in [1.29, 1.82) is 0 Å². The maximum absolute atomic E-state index is 12.2. The van der Waals surface area contributed by atoms with E-state index in [4.69, 9.17) is 20.8 Å². The van der Waals surface area contributed by atoms with Crippen LogP contribution in [0.25, 0.3) is 4.85 Å². The Labute approximate surface area is 211 Å². The van der Waals surface area contributed by atoms with E-state index in [0.29, 0.717) is 35.8 Å². The molecule has 8 nitrogen and oxygen atoms in total. The minimum absolute atomic E-state index is 0.0339. The van der Waals surface area contributed by atoms with Crippen molar-refractivity contribution >= 4 is 17.7 Å². The molecule has 0 aromatic heterocycles. The van der Waals surface area contributed by atoms with Gasteiger partial charge in [-0.2, -0.15) is 0 Å². The van der Waals surface area contributed by atoms with Gasteiger partial charge in [0, 0.05) is 18.7 Å². The van der Waals surface area contributed by atoms with E-state index < -0.39 is 11.7 Å². The zero-order chi connectivity index (χ0) is 26.0. The van der Waals surface area contributed by atoms with Crippen LogP contribution in [-0.2, 0) is 17.8 Å². The van der Waals surface area contributed by atoms with Crippen LogP contribution in [0, 0.1) is 6.57 Å². The fourth-order valence-corrected chi connectivity index (χ4v) is 3.03. The van der Waals surface area contributed by atoms with Gasteiger partial charge in [0.15, 0.2) is 5.69 Å². The van der Waals surface area contributed by atoms with Crippen LogP contribution in [0.5, 0.6) is 11.5 Å². The molecule has 0 radical (unpaired) electrons. The van der Waals surface area contributed by atoms with E-state index in [2.05, 4.69) is 15.5 Å². The number of amides is 2. The molecule has 0 unspecified atom stereocenters. The fourth-order valence-electron chi connectivity index (χ4n) is 3.03. The summed E-state index contributed by atoms with van der Waals surface area (Å²) in [6.45, 7) is 13.2. The van der Waals surface area contributed by atoms with E-state index >= 15 is 0 Å². The van der Waals surface area contributed by atoms with E-state index in [1.807, 2.05) is 45.0 Å². The summed E-state index contributed by atoms with van der Waals surface area (Å²) in [6.07, 6.45) is -0.461. The number of rotatable bonds is 9. The predicted octanol–water partition coefficient (Wildman–Crippen LogP) is 5.61. The van der Waals surface area contributed by atoms with Gasteiger partial charge in [0.1, 0.15) is 17.1 Å². The van der Waals surface area contributed by atoms with Crippen LogP contribution < -0.4 is 20.1 Å². The van der Waals surface area contributed by atoms with Crippen LogP contribution in [0.4, 0.5) is 10.5 Å². The molecule has 3 rings (SSSR count). The Morgan fingerprint density at radius 2 is 1.28 bits per heavy atom. The molecule has 8 heteroatoms. The maximum Gasteiger partial charge on any atom is 0.407 e. The summed E-state index contributed by atoms with van der Waals surface area (Å²) in [4.78, 5) is 27.3. The molecule has 0 aliphatic carbocycles. The van der Waals surface area contributed by atoms with Gasteiger partial charge in [0.2, 0.25) is 6.79 Å². The normalized spacial score (nSPS) is 10.6. The van der Waals surface area contributed by atoms with Crippen molar-refractivity contribution in [3.05, 3.63) is 101 Å². The molecule has 3 aromatic rings. The third-order valence-electron chi connectivity index (χ3n) is 4.85. The minimum Gasteiger partial charge on any atom is -0.458 e. The molecule has 0 spiro atoms. The van der Waals surface area contributed by atoms with Crippen molar-refractivity contribution < 1.29 is 23.8 Å². The van der Waals surface area contributed by atoms with Gasteiger partial charge in [-0.05, 0) is 56.2 Å². The highest BCUT2D eigenvalue weighted by Gasteiger charge is 2.15. The van der Waals surface area contributed by atoms with E-state index in [1.54, 1.807) is 48.5 Å². The monoisotopic (exact) mass is 487 g/mol. The summed E-state index contributed by atoms with van der Waals surface area (Å²) in [5.41, 5.74) is 2.30. The van der Waals surface area contributed by atoms with Crippen LogP contribution >= 0.6 is 0 Å². The topological polar surface area (TPSA) is 90.3 Å². The molecular weight excluding hydrogens is 458 g/mol. The van der Waals surface area contributed by atoms with Crippen molar-refractivity contribution in [2.45, 2.75) is 39.5 Å². The van der Waals surface area contributed by atoms with Crippen LogP contribution in [-0.4, -0.2) is 24.4 Å². The smallest absolute Gasteiger partial charge is 0.407 e. The zero-order valence-corrected chi connectivity index (χ0v) is 20.5. The van der Waals surface area contributed by atoms with Gasteiger partial charge in [0.05, 0.1) is 6.57 Å². The van der Waals surface area contributed by atoms with Gasteiger partial charge in [-0.3, -0.25) is 4.79 Å². The van der Waals surface area contributed by atoms with Gasteiger partial charge < -0.3 is 24.8 Å². The molecule has 0 fully saturated rings. The summed E-state index contributed by atoms with van der Waals surface area (Å²) in [7, 11) is 0. The summed E-state index contributed by atoms with van der Waals surface area (Å²) >= 11 is 0. The van der Waals surface area contributed by atoms with Gasteiger partial charge in [0.25, 0.3) is 5.91 Å². The number of benzene rings is 3. The molecule has 36 heavy (non-hydrogen) atoms. The predicted molar refractivity (Wildman–Crippen MR) is 136 cm³/mol. The number of carbonyl (C=O) groups is 2. The lowest BCUT2D eigenvalue weighted by atomic mass is 10.1. The summed E-state index contributed by atoms with van der Waals surface area (Å²) in [5.74, 6) is 1.07. The highest BCUT2D eigenvalue weighted by atomic mass is 16.7. The molecule has 0 atom stereocenters. The van der Waals surface area contributed by atoms with Gasteiger partial charge in [-0.1, -0.05) is 48.5 Å². The van der Waals surface area contributed by atoms with Gasteiger partial charge in [-0.15, -0.1) is 0 Å². The molecule has 2 N–H and O–H groups in total. The number of nitrogens with one attached hydrogen (secondary N) is 2. The van der Waals surface area contributed by atoms with E-state index in [9.17, 15) is 9.59 Å². The Morgan fingerprint density at radius 1 is 0.778 bits per heavy atom. The van der Waals surface area contributed by atoms with Crippen molar-refractivity contribution in [3.8, 4) is 11.5 Å². The fraction of sp³-hybridized carbons (Fsp3) is 0.250. The first-order valence-corrected chi connectivity index (χ1v) is 11.4. The number of alkyl carbamates (subject to hydrolysis) is 1. The maximum atomic E-state index is 12.2. The number of ether oxygens (including phenoxy) is 3.